The zero-order valence-corrected chi connectivity index (χ0v) is 11.2. The van der Waals surface area contributed by atoms with Crippen molar-refractivity contribution < 1.29 is 4.79 Å². The molecule has 0 bridgehead atoms. The molecule has 0 saturated heterocycles. The number of nitrogens with one attached hydrogen (secondary N) is 1. The van der Waals surface area contributed by atoms with Crippen LogP contribution in [0.25, 0.3) is 0 Å². The highest BCUT2D eigenvalue weighted by Crippen LogP contribution is 2.29. The smallest absolute Gasteiger partial charge is 0.220 e. The number of hydrogen-bond acceptors (Lipinski definition) is 3. The van der Waals surface area contributed by atoms with E-state index < -0.39 is 0 Å². The average molecular weight is 244 g/mol. The minimum Gasteiger partial charge on any atom is -0.353 e. The maximum atomic E-state index is 11.7. The molecule has 0 radical (unpaired) electrons. The summed E-state index contributed by atoms with van der Waals surface area (Å²) in [6.45, 7) is 4.80. The van der Waals surface area contributed by atoms with Crippen LogP contribution in [0.4, 0.5) is 0 Å². The Kier molecular flexibility index (Phi) is 6.21. The Morgan fingerprint density at radius 3 is 2.94 bits per heavy atom. The third kappa shape index (κ3) is 4.74. The molecule has 94 valence electrons. The molecule has 1 aliphatic rings. The second kappa shape index (κ2) is 7.17. The third-order valence-corrected chi connectivity index (χ3v) is 4.32. The number of amides is 1. The fraction of sp³-hybridized carbons (Fsp3) is 0.917. The lowest BCUT2D eigenvalue weighted by atomic mass is 10.1. The maximum absolute atomic E-state index is 11.7. The fourth-order valence-corrected chi connectivity index (χ4v) is 3.29. The Morgan fingerprint density at radius 1 is 1.56 bits per heavy atom. The van der Waals surface area contributed by atoms with Crippen molar-refractivity contribution in [3.8, 4) is 0 Å². The van der Waals surface area contributed by atoms with Gasteiger partial charge in [0.1, 0.15) is 0 Å². The Labute approximate surface area is 103 Å². The molecule has 3 unspecified atom stereocenters. The molecule has 16 heavy (non-hydrogen) atoms. The lowest BCUT2D eigenvalue weighted by Gasteiger charge is -2.14. The molecule has 1 aliphatic carbocycles. The highest BCUT2D eigenvalue weighted by molar-refractivity contribution is 7.99. The van der Waals surface area contributed by atoms with Gasteiger partial charge < -0.3 is 11.1 Å². The molecule has 1 saturated carbocycles. The van der Waals surface area contributed by atoms with Crippen molar-refractivity contribution >= 4 is 17.7 Å². The van der Waals surface area contributed by atoms with Crippen molar-refractivity contribution in [2.45, 2.75) is 50.8 Å². The van der Waals surface area contributed by atoms with Crippen LogP contribution in [0.15, 0.2) is 0 Å². The van der Waals surface area contributed by atoms with Crippen LogP contribution in [0, 0.1) is 5.92 Å². The van der Waals surface area contributed by atoms with Crippen LogP contribution in [0.3, 0.4) is 0 Å². The SMILES string of the molecule is CCSC1CCC(NC(=O)CC(C)CN)C1. The van der Waals surface area contributed by atoms with Gasteiger partial charge in [0.05, 0.1) is 0 Å². The summed E-state index contributed by atoms with van der Waals surface area (Å²) in [5.74, 6) is 1.64. The zero-order valence-electron chi connectivity index (χ0n) is 10.4. The standard InChI is InChI=1S/C12H24N2OS/c1-3-16-11-5-4-10(7-11)14-12(15)6-9(2)8-13/h9-11H,3-8,13H2,1-2H3,(H,14,15). The summed E-state index contributed by atoms with van der Waals surface area (Å²) in [5, 5.41) is 3.88. The van der Waals surface area contributed by atoms with Crippen molar-refractivity contribution in [1.82, 2.24) is 5.32 Å². The van der Waals surface area contributed by atoms with Gasteiger partial charge in [-0.25, -0.2) is 0 Å². The van der Waals surface area contributed by atoms with Crippen LogP contribution in [-0.4, -0.2) is 29.5 Å². The van der Waals surface area contributed by atoms with E-state index in [2.05, 4.69) is 12.2 Å². The largest absolute Gasteiger partial charge is 0.353 e. The molecule has 4 heteroatoms. The van der Waals surface area contributed by atoms with Gasteiger partial charge in [0.15, 0.2) is 0 Å². The summed E-state index contributed by atoms with van der Waals surface area (Å²) in [6, 6.07) is 0.404. The predicted octanol–water partition coefficient (Wildman–Crippen LogP) is 1.76. The Balaban J connectivity index is 2.20. The third-order valence-electron chi connectivity index (χ3n) is 3.09. The molecule has 0 spiro atoms. The number of rotatable bonds is 6. The van der Waals surface area contributed by atoms with Crippen molar-refractivity contribution in [2.24, 2.45) is 11.7 Å². The summed E-state index contributed by atoms with van der Waals surface area (Å²) in [7, 11) is 0. The first-order chi connectivity index (χ1) is 7.65. The molecule has 3 nitrogen and oxygen atoms in total. The second-order valence-electron chi connectivity index (χ2n) is 4.70. The van der Waals surface area contributed by atoms with Gasteiger partial charge in [-0.1, -0.05) is 13.8 Å². The van der Waals surface area contributed by atoms with Gasteiger partial charge in [0, 0.05) is 17.7 Å². The lowest BCUT2D eigenvalue weighted by Crippen LogP contribution is -2.34. The minimum atomic E-state index is 0.171. The molecule has 0 aliphatic heterocycles. The van der Waals surface area contributed by atoms with Crippen LogP contribution < -0.4 is 11.1 Å². The molecule has 0 aromatic rings. The fourth-order valence-electron chi connectivity index (χ4n) is 2.14. The molecule has 1 fully saturated rings. The summed E-state index contributed by atoms with van der Waals surface area (Å²) < 4.78 is 0. The topological polar surface area (TPSA) is 55.1 Å². The molecule has 0 aromatic heterocycles. The zero-order chi connectivity index (χ0) is 12.0. The van der Waals surface area contributed by atoms with Gasteiger partial charge in [-0.2, -0.15) is 11.8 Å². The predicted molar refractivity (Wildman–Crippen MR) is 70.5 cm³/mol. The van der Waals surface area contributed by atoms with Gasteiger partial charge in [-0.15, -0.1) is 0 Å². The monoisotopic (exact) mass is 244 g/mol. The van der Waals surface area contributed by atoms with E-state index in [1.807, 2.05) is 18.7 Å². The highest BCUT2D eigenvalue weighted by Gasteiger charge is 2.25. The van der Waals surface area contributed by atoms with Crippen LogP contribution in [0.1, 0.15) is 39.5 Å². The van der Waals surface area contributed by atoms with E-state index >= 15 is 0 Å². The number of hydrogen-bond donors (Lipinski definition) is 2. The Hall–Kier alpha value is -0.220. The number of carbonyl (C=O) groups is 1. The van der Waals surface area contributed by atoms with Crippen LogP contribution in [0.2, 0.25) is 0 Å². The van der Waals surface area contributed by atoms with Crippen molar-refractivity contribution in [2.75, 3.05) is 12.3 Å². The van der Waals surface area contributed by atoms with Gasteiger partial charge in [-0.3, -0.25) is 4.79 Å². The van der Waals surface area contributed by atoms with E-state index in [-0.39, 0.29) is 5.91 Å². The molecule has 0 heterocycles. The van der Waals surface area contributed by atoms with Gasteiger partial charge in [-0.05, 0) is 37.5 Å². The summed E-state index contributed by atoms with van der Waals surface area (Å²) >= 11 is 2.02. The second-order valence-corrected chi connectivity index (χ2v) is 6.28. The summed E-state index contributed by atoms with van der Waals surface area (Å²) in [5.41, 5.74) is 5.51. The summed E-state index contributed by atoms with van der Waals surface area (Å²) in [4.78, 5) is 11.7. The minimum absolute atomic E-state index is 0.171. The van der Waals surface area contributed by atoms with Crippen LogP contribution in [-0.2, 0) is 4.79 Å². The normalized spacial score (nSPS) is 26.7. The molecular formula is C12H24N2OS. The highest BCUT2D eigenvalue weighted by atomic mass is 32.2. The molecule has 3 atom stereocenters. The van der Waals surface area contributed by atoms with Crippen molar-refractivity contribution in [3.63, 3.8) is 0 Å². The van der Waals surface area contributed by atoms with Gasteiger partial charge in [0.25, 0.3) is 0 Å². The van der Waals surface area contributed by atoms with Crippen molar-refractivity contribution in [3.05, 3.63) is 0 Å². The first kappa shape index (κ1) is 13.8. The molecule has 0 aromatic carbocycles. The number of nitrogens with two attached hydrogens (primary N) is 1. The van der Waals surface area contributed by atoms with E-state index in [0.29, 0.717) is 24.9 Å². The molecule has 1 rings (SSSR count). The molecule has 3 N–H and O–H groups in total. The molecular weight excluding hydrogens is 220 g/mol. The lowest BCUT2D eigenvalue weighted by molar-refractivity contribution is -0.122. The van der Waals surface area contributed by atoms with E-state index in [1.54, 1.807) is 0 Å². The Morgan fingerprint density at radius 2 is 2.31 bits per heavy atom. The first-order valence-corrected chi connectivity index (χ1v) is 7.31. The van der Waals surface area contributed by atoms with E-state index in [4.69, 9.17) is 5.73 Å². The first-order valence-electron chi connectivity index (χ1n) is 6.26. The Bertz CT molecular complexity index is 223. The van der Waals surface area contributed by atoms with Crippen LogP contribution >= 0.6 is 11.8 Å². The number of carbonyl (C=O) groups excluding carboxylic acids is 1. The van der Waals surface area contributed by atoms with Gasteiger partial charge in [0.2, 0.25) is 5.91 Å². The van der Waals surface area contributed by atoms with E-state index in [9.17, 15) is 4.79 Å². The van der Waals surface area contributed by atoms with E-state index in [1.165, 1.54) is 12.2 Å². The van der Waals surface area contributed by atoms with Gasteiger partial charge >= 0.3 is 0 Å². The quantitative estimate of drug-likeness (QED) is 0.748. The maximum Gasteiger partial charge on any atom is 0.220 e. The average Bonchev–Trinajstić information content (AvgIpc) is 2.65. The van der Waals surface area contributed by atoms with E-state index in [0.717, 1.165) is 18.1 Å². The van der Waals surface area contributed by atoms with Crippen LogP contribution in [0.5, 0.6) is 0 Å². The summed E-state index contributed by atoms with van der Waals surface area (Å²) in [6.07, 6.45) is 4.09. The van der Waals surface area contributed by atoms with Crippen molar-refractivity contribution in [1.29, 1.82) is 0 Å². The molecule has 1 amide bonds. The number of thioether (sulfide) groups is 1.